The molecule has 0 aliphatic heterocycles. The first-order valence-corrected chi connectivity index (χ1v) is 8.94. The summed E-state index contributed by atoms with van der Waals surface area (Å²) >= 11 is 0. The van der Waals surface area contributed by atoms with Crippen LogP contribution in [-0.2, 0) is 26.0 Å². The standard InChI is InChI=1S/C16H22N2O5S/c1-3-4-5-14(16(20)21)18-15(19)11-8-12-6-9-13(10-7-12)24(22,23)17-2/h3-4,6-7,9-10,14,17H,5,8,11H2,1-2H3,(H,18,19)(H,20,21)/b4-3+. The quantitative estimate of drug-likeness (QED) is 0.574. The van der Waals surface area contributed by atoms with Crippen LogP contribution in [0.25, 0.3) is 0 Å². The molecule has 0 bridgehead atoms. The molecule has 1 aromatic carbocycles. The van der Waals surface area contributed by atoms with Crippen LogP contribution >= 0.6 is 0 Å². The lowest BCUT2D eigenvalue weighted by Crippen LogP contribution is -2.40. The Kier molecular flexibility index (Phi) is 7.60. The number of hydrogen-bond acceptors (Lipinski definition) is 4. The summed E-state index contributed by atoms with van der Waals surface area (Å²) in [6, 6.07) is 5.24. The fraction of sp³-hybridized carbons (Fsp3) is 0.375. The Morgan fingerprint density at radius 1 is 1.25 bits per heavy atom. The zero-order valence-electron chi connectivity index (χ0n) is 13.7. The topological polar surface area (TPSA) is 113 Å². The molecule has 132 valence electrons. The highest BCUT2D eigenvalue weighted by molar-refractivity contribution is 7.89. The number of rotatable bonds is 9. The van der Waals surface area contributed by atoms with E-state index in [1.807, 2.05) is 0 Å². The molecule has 0 radical (unpaired) electrons. The second kappa shape index (κ2) is 9.19. The van der Waals surface area contributed by atoms with Gasteiger partial charge < -0.3 is 10.4 Å². The Hall–Kier alpha value is -2.19. The maximum Gasteiger partial charge on any atom is 0.326 e. The number of carboxylic acid groups (broad SMARTS) is 1. The van der Waals surface area contributed by atoms with Gasteiger partial charge in [-0.15, -0.1) is 0 Å². The summed E-state index contributed by atoms with van der Waals surface area (Å²) in [7, 11) is -2.15. The molecule has 7 nitrogen and oxygen atoms in total. The third kappa shape index (κ3) is 6.13. The first kappa shape index (κ1) is 19.9. The molecule has 0 heterocycles. The molecule has 1 atom stereocenters. The average molecular weight is 354 g/mol. The monoisotopic (exact) mass is 354 g/mol. The van der Waals surface area contributed by atoms with Crippen LogP contribution in [0.1, 0.15) is 25.3 Å². The summed E-state index contributed by atoms with van der Waals surface area (Å²) in [6.45, 7) is 1.78. The van der Waals surface area contributed by atoms with Crippen LogP contribution in [0.4, 0.5) is 0 Å². The van der Waals surface area contributed by atoms with Gasteiger partial charge in [-0.05, 0) is 44.5 Å². The number of aliphatic carboxylic acids is 1. The molecule has 0 aliphatic carbocycles. The van der Waals surface area contributed by atoms with E-state index in [-0.39, 0.29) is 23.6 Å². The second-order valence-corrected chi connectivity index (χ2v) is 7.00. The van der Waals surface area contributed by atoms with Crippen molar-refractivity contribution >= 4 is 21.9 Å². The van der Waals surface area contributed by atoms with Gasteiger partial charge in [-0.25, -0.2) is 17.9 Å². The first-order chi connectivity index (χ1) is 11.3. The molecular weight excluding hydrogens is 332 g/mol. The summed E-state index contributed by atoms with van der Waals surface area (Å²) in [6.07, 6.45) is 4.15. The van der Waals surface area contributed by atoms with E-state index in [9.17, 15) is 18.0 Å². The number of carbonyl (C=O) groups excluding carboxylic acids is 1. The Labute approximate surface area is 141 Å². The predicted octanol–water partition coefficient (Wildman–Crippen LogP) is 1.06. The molecule has 1 amide bonds. The summed E-state index contributed by atoms with van der Waals surface area (Å²) in [5, 5.41) is 11.5. The maximum absolute atomic E-state index is 11.9. The lowest BCUT2D eigenvalue weighted by atomic mass is 10.1. The predicted molar refractivity (Wildman–Crippen MR) is 90.0 cm³/mol. The van der Waals surface area contributed by atoms with Gasteiger partial charge in [-0.1, -0.05) is 24.3 Å². The van der Waals surface area contributed by atoms with E-state index in [1.165, 1.54) is 19.2 Å². The lowest BCUT2D eigenvalue weighted by Gasteiger charge is -2.12. The normalized spacial score (nSPS) is 12.9. The zero-order chi connectivity index (χ0) is 18.2. The Morgan fingerprint density at radius 2 is 1.88 bits per heavy atom. The van der Waals surface area contributed by atoms with Gasteiger partial charge in [0, 0.05) is 6.42 Å². The minimum absolute atomic E-state index is 0.123. The molecule has 0 saturated carbocycles. The molecule has 0 spiro atoms. The molecule has 1 rings (SSSR count). The van der Waals surface area contributed by atoms with Crippen molar-refractivity contribution in [1.82, 2.24) is 10.0 Å². The minimum Gasteiger partial charge on any atom is -0.480 e. The SMILES string of the molecule is C/C=C/CC(NC(=O)CCc1ccc(S(=O)(=O)NC)cc1)C(=O)O. The molecule has 24 heavy (non-hydrogen) atoms. The Bertz CT molecular complexity index is 696. The first-order valence-electron chi connectivity index (χ1n) is 7.46. The van der Waals surface area contributed by atoms with Gasteiger partial charge >= 0.3 is 5.97 Å². The molecule has 0 fully saturated rings. The number of carboxylic acids is 1. The molecule has 0 aliphatic rings. The van der Waals surface area contributed by atoms with E-state index in [2.05, 4.69) is 10.0 Å². The number of nitrogens with one attached hydrogen (secondary N) is 2. The number of hydrogen-bond donors (Lipinski definition) is 3. The van der Waals surface area contributed by atoms with E-state index >= 15 is 0 Å². The van der Waals surface area contributed by atoms with Gasteiger partial charge in [0.15, 0.2) is 0 Å². The summed E-state index contributed by atoms with van der Waals surface area (Å²) in [4.78, 5) is 23.1. The number of allylic oxidation sites excluding steroid dienone is 1. The average Bonchev–Trinajstić information content (AvgIpc) is 2.56. The summed E-state index contributed by atoms with van der Waals surface area (Å²) in [5.41, 5.74) is 0.792. The maximum atomic E-state index is 11.9. The van der Waals surface area contributed by atoms with Crippen LogP contribution in [-0.4, -0.2) is 38.5 Å². The fourth-order valence-corrected chi connectivity index (χ4v) is 2.70. The lowest BCUT2D eigenvalue weighted by molar-refractivity contribution is -0.141. The van der Waals surface area contributed by atoms with E-state index in [4.69, 9.17) is 5.11 Å². The molecule has 0 aromatic heterocycles. The third-order valence-electron chi connectivity index (χ3n) is 3.38. The third-order valence-corrected chi connectivity index (χ3v) is 4.81. The summed E-state index contributed by atoms with van der Waals surface area (Å²) in [5.74, 6) is -1.44. The van der Waals surface area contributed by atoms with Gasteiger partial charge in [-0.3, -0.25) is 4.79 Å². The minimum atomic E-state index is -3.48. The van der Waals surface area contributed by atoms with E-state index in [0.29, 0.717) is 6.42 Å². The molecule has 1 aromatic rings. The van der Waals surface area contributed by atoms with Crippen molar-refractivity contribution < 1.29 is 23.1 Å². The van der Waals surface area contributed by atoms with Gasteiger partial charge in [0.1, 0.15) is 6.04 Å². The van der Waals surface area contributed by atoms with Crippen molar-refractivity contribution in [3.8, 4) is 0 Å². The van der Waals surface area contributed by atoms with Crippen molar-refractivity contribution in [3.63, 3.8) is 0 Å². The molecule has 3 N–H and O–H groups in total. The highest BCUT2D eigenvalue weighted by Crippen LogP contribution is 2.11. The fourth-order valence-electron chi connectivity index (χ4n) is 1.97. The van der Waals surface area contributed by atoms with Gasteiger partial charge in [0.25, 0.3) is 0 Å². The molecule has 0 saturated heterocycles. The van der Waals surface area contributed by atoms with E-state index < -0.39 is 22.0 Å². The number of amides is 1. The Balaban J connectivity index is 2.59. The second-order valence-electron chi connectivity index (χ2n) is 5.11. The van der Waals surface area contributed by atoms with Crippen LogP contribution in [0.2, 0.25) is 0 Å². The Morgan fingerprint density at radius 3 is 2.38 bits per heavy atom. The van der Waals surface area contributed by atoms with Crippen molar-refractivity contribution in [1.29, 1.82) is 0 Å². The van der Waals surface area contributed by atoms with Crippen molar-refractivity contribution in [2.45, 2.75) is 37.1 Å². The van der Waals surface area contributed by atoms with Gasteiger partial charge in [-0.2, -0.15) is 0 Å². The van der Waals surface area contributed by atoms with Crippen molar-refractivity contribution in [3.05, 3.63) is 42.0 Å². The largest absolute Gasteiger partial charge is 0.480 e. The van der Waals surface area contributed by atoms with Crippen LogP contribution in [0.15, 0.2) is 41.3 Å². The van der Waals surface area contributed by atoms with Crippen LogP contribution in [0.3, 0.4) is 0 Å². The van der Waals surface area contributed by atoms with Crippen LogP contribution < -0.4 is 10.0 Å². The number of benzene rings is 1. The highest BCUT2D eigenvalue weighted by Gasteiger charge is 2.18. The number of sulfonamides is 1. The smallest absolute Gasteiger partial charge is 0.326 e. The molecular formula is C16H22N2O5S. The zero-order valence-corrected chi connectivity index (χ0v) is 14.5. The van der Waals surface area contributed by atoms with Gasteiger partial charge in [0.05, 0.1) is 4.90 Å². The van der Waals surface area contributed by atoms with E-state index in [1.54, 1.807) is 31.2 Å². The van der Waals surface area contributed by atoms with Crippen LogP contribution in [0, 0.1) is 0 Å². The highest BCUT2D eigenvalue weighted by atomic mass is 32.2. The summed E-state index contributed by atoms with van der Waals surface area (Å²) < 4.78 is 25.4. The van der Waals surface area contributed by atoms with Crippen LogP contribution in [0.5, 0.6) is 0 Å². The van der Waals surface area contributed by atoms with E-state index in [0.717, 1.165) is 5.56 Å². The van der Waals surface area contributed by atoms with Gasteiger partial charge in [0.2, 0.25) is 15.9 Å². The van der Waals surface area contributed by atoms with Crippen molar-refractivity contribution in [2.24, 2.45) is 0 Å². The number of carbonyl (C=O) groups is 2. The number of aryl methyl sites for hydroxylation is 1. The molecule has 8 heteroatoms. The van der Waals surface area contributed by atoms with Crippen molar-refractivity contribution in [2.75, 3.05) is 7.05 Å². The molecule has 1 unspecified atom stereocenters.